The van der Waals surface area contributed by atoms with E-state index in [4.69, 9.17) is 23.2 Å². The zero-order chi connectivity index (χ0) is 19.4. The molecule has 3 aromatic rings. The molecule has 0 bridgehead atoms. The molecule has 1 aromatic heterocycles. The van der Waals surface area contributed by atoms with Gasteiger partial charge in [-0.25, -0.2) is 0 Å². The quantitative estimate of drug-likeness (QED) is 0.587. The smallest absolute Gasteiger partial charge is 0.279 e. The van der Waals surface area contributed by atoms with Gasteiger partial charge in [-0.2, -0.15) is 4.99 Å². The lowest BCUT2D eigenvalue weighted by atomic mass is 10.1. The Morgan fingerprint density at radius 3 is 2.78 bits per heavy atom. The molecule has 1 amide bonds. The Kier molecular flexibility index (Phi) is 6.65. The van der Waals surface area contributed by atoms with E-state index in [2.05, 4.69) is 4.99 Å². The number of carbonyl (C=O) groups excluding carboxylic acids is 1. The van der Waals surface area contributed by atoms with Crippen LogP contribution < -0.4 is 4.80 Å². The number of hydrogen-bond donors (Lipinski definition) is 0. The van der Waals surface area contributed by atoms with Gasteiger partial charge in [0.2, 0.25) is 0 Å². The van der Waals surface area contributed by atoms with Crippen molar-refractivity contribution in [3.05, 3.63) is 85.6 Å². The van der Waals surface area contributed by atoms with Crippen molar-refractivity contribution in [2.24, 2.45) is 4.99 Å². The molecule has 0 fully saturated rings. The summed E-state index contributed by atoms with van der Waals surface area (Å²) in [6, 6.07) is 12.4. The summed E-state index contributed by atoms with van der Waals surface area (Å²) in [5, 5.41) is 3.01. The minimum Gasteiger partial charge on any atom is -0.319 e. The molecule has 27 heavy (non-hydrogen) atoms. The van der Waals surface area contributed by atoms with E-state index in [0.717, 1.165) is 11.1 Å². The largest absolute Gasteiger partial charge is 0.319 e. The second-order valence-electron chi connectivity index (χ2n) is 5.88. The van der Waals surface area contributed by atoms with E-state index in [1.54, 1.807) is 36.6 Å². The van der Waals surface area contributed by atoms with E-state index in [1.807, 2.05) is 28.3 Å². The Hall–Kier alpha value is -1.73. The van der Waals surface area contributed by atoms with Crippen molar-refractivity contribution in [2.45, 2.75) is 12.3 Å². The Morgan fingerprint density at radius 1 is 1.22 bits per heavy atom. The van der Waals surface area contributed by atoms with Crippen molar-refractivity contribution >= 4 is 51.2 Å². The SMILES string of the molecule is CS(=O)Cc1cccc(C(=O)N=c2sccn2Cc2ccc(Cl)cc2Cl)c1. The molecule has 2 aromatic carbocycles. The van der Waals surface area contributed by atoms with E-state index in [9.17, 15) is 9.00 Å². The molecular weight excluding hydrogens is 423 g/mol. The number of aromatic nitrogens is 1. The van der Waals surface area contributed by atoms with Gasteiger partial charge in [0.15, 0.2) is 4.80 Å². The van der Waals surface area contributed by atoms with Crippen molar-refractivity contribution in [2.75, 3.05) is 6.26 Å². The molecule has 140 valence electrons. The lowest BCUT2D eigenvalue weighted by Gasteiger charge is -2.06. The predicted molar refractivity (Wildman–Crippen MR) is 112 cm³/mol. The van der Waals surface area contributed by atoms with Crippen molar-refractivity contribution < 1.29 is 9.00 Å². The van der Waals surface area contributed by atoms with Crippen LogP contribution in [0.15, 0.2) is 59.0 Å². The van der Waals surface area contributed by atoms with E-state index < -0.39 is 10.8 Å². The van der Waals surface area contributed by atoms with E-state index in [0.29, 0.717) is 32.7 Å². The van der Waals surface area contributed by atoms with Crippen molar-refractivity contribution in [1.82, 2.24) is 4.57 Å². The molecule has 1 atom stereocenters. The molecule has 1 unspecified atom stereocenters. The summed E-state index contributed by atoms with van der Waals surface area (Å²) >= 11 is 13.6. The zero-order valence-corrected chi connectivity index (χ0v) is 17.5. The average molecular weight is 439 g/mol. The molecule has 4 nitrogen and oxygen atoms in total. The topological polar surface area (TPSA) is 51.4 Å². The van der Waals surface area contributed by atoms with Crippen LogP contribution in [0.25, 0.3) is 0 Å². The molecule has 0 aliphatic carbocycles. The number of halogens is 2. The van der Waals surface area contributed by atoms with Crippen LogP contribution in [0.4, 0.5) is 0 Å². The molecule has 0 spiro atoms. The molecule has 1 heterocycles. The highest BCUT2D eigenvalue weighted by Crippen LogP contribution is 2.21. The minimum atomic E-state index is -0.966. The predicted octanol–water partition coefficient (Wildman–Crippen LogP) is 4.52. The summed E-state index contributed by atoms with van der Waals surface area (Å²) in [5.41, 5.74) is 2.21. The molecule has 0 N–H and O–H groups in total. The molecule has 3 rings (SSSR count). The second kappa shape index (κ2) is 8.97. The number of rotatable bonds is 5. The first-order chi connectivity index (χ1) is 12.9. The fourth-order valence-electron chi connectivity index (χ4n) is 2.52. The third kappa shape index (κ3) is 5.39. The van der Waals surface area contributed by atoms with Gasteiger partial charge in [-0.05, 0) is 35.4 Å². The van der Waals surface area contributed by atoms with E-state index in [1.165, 1.54) is 11.3 Å². The Morgan fingerprint density at radius 2 is 2.04 bits per heavy atom. The highest BCUT2D eigenvalue weighted by Gasteiger charge is 2.08. The van der Waals surface area contributed by atoms with Gasteiger partial charge in [-0.3, -0.25) is 9.00 Å². The molecular formula is C19H16Cl2N2O2S2. The van der Waals surface area contributed by atoms with Gasteiger partial charge < -0.3 is 4.57 Å². The highest BCUT2D eigenvalue weighted by atomic mass is 35.5. The lowest BCUT2D eigenvalue weighted by molar-refractivity contribution is 0.0997. The Balaban J connectivity index is 1.87. The van der Waals surface area contributed by atoms with Gasteiger partial charge in [0.25, 0.3) is 5.91 Å². The monoisotopic (exact) mass is 438 g/mol. The highest BCUT2D eigenvalue weighted by molar-refractivity contribution is 7.83. The van der Waals surface area contributed by atoms with Gasteiger partial charge in [0.1, 0.15) is 0 Å². The summed E-state index contributed by atoms with van der Waals surface area (Å²) in [6.07, 6.45) is 3.49. The molecule has 0 aliphatic heterocycles. The molecule has 0 saturated heterocycles. The van der Waals surface area contributed by atoms with E-state index in [-0.39, 0.29) is 5.91 Å². The summed E-state index contributed by atoms with van der Waals surface area (Å²) in [5.74, 6) is 0.0759. The van der Waals surface area contributed by atoms with Crippen LogP contribution in [0.5, 0.6) is 0 Å². The summed E-state index contributed by atoms with van der Waals surface area (Å²) in [6.45, 7) is 0.487. The molecule has 0 radical (unpaired) electrons. The average Bonchev–Trinajstić information content (AvgIpc) is 3.04. The van der Waals surface area contributed by atoms with Crippen LogP contribution in [-0.4, -0.2) is 20.9 Å². The number of carbonyl (C=O) groups is 1. The lowest BCUT2D eigenvalue weighted by Crippen LogP contribution is -2.17. The third-order valence-corrected chi connectivity index (χ3v) is 5.88. The standard InChI is InChI=1S/C19H16Cl2N2O2S2/c1-27(25)12-13-3-2-4-14(9-13)18(24)22-19-23(7-8-26-19)11-15-5-6-16(20)10-17(15)21/h2-10H,11-12H2,1H3. The first-order valence-electron chi connectivity index (χ1n) is 7.98. The van der Waals surface area contributed by atoms with Crippen LogP contribution in [0.1, 0.15) is 21.5 Å². The minimum absolute atomic E-state index is 0.336. The van der Waals surface area contributed by atoms with Gasteiger partial charge in [-0.1, -0.05) is 41.4 Å². The van der Waals surface area contributed by atoms with E-state index >= 15 is 0 Å². The van der Waals surface area contributed by atoms with Crippen LogP contribution in [-0.2, 0) is 23.1 Å². The number of nitrogens with zero attached hydrogens (tertiary/aromatic N) is 2. The maximum Gasteiger partial charge on any atom is 0.279 e. The van der Waals surface area contributed by atoms with Gasteiger partial charge in [0, 0.05) is 50.0 Å². The zero-order valence-electron chi connectivity index (χ0n) is 14.4. The summed E-state index contributed by atoms with van der Waals surface area (Å²) < 4.78 is 13.3. The molecule has 0 aliphatic rings. The fraction of sp³-hybridized carbons (Fsp3) is 0.158. The van der Waals surface area contributed by atoms with Gasteiger partial charge >= 0.3 is 0 Å². The van der Waals surface area contributed by atoms with Gasteiger partial charge in [-0.15, -0.1) is 11.3 Å². The molecule has 0 saturated carbocycles. The summed E-state index contributed by atoms with van der Waals surface area (Å²) in [7, 11) is -0.966. The third-order valence-electron chi connectivity index (χ3n) is 3.76. The first-order valence-corrected chi connectivity index (χ1v) is 11.3. The number of thiazole rings is 1. The Bertz CT molecular complexity index is 1070. The summed E-state index contributed by atoms with van der Waals surface area (Å²) in [4.78, 5) is 17.4. The number of benzene rings is 2. The van der Waals surface area contributed by atoms with Crippen molar-refractivity contribution in [1.29, 1.82) is 0 Å². The first kappa shape index (κ1) is 20.0. The van der Waals surface area contributed by atoms with Crippen molar-refractivity contribution in [3.63, 3.8) is 0 Å². The van der Waals surface area contributed by atoms with Crippen LogP contribution >= 0.6 is 34.5 Å². The second-order valence-corrected chi connectivity index (χ2v) is 9.04. The maximum absolute atomic E-state index is 12.6. The van der Waals surface area contributed by atoms with Crippen LogP contribution in [0, 0.1) is 0 Å². The normalized spacial score (nSPS) is 12.9. The maximum atomic E-state index is 12.6. The number of hydrogen-bond acceptors (Lipinski definition) is 3. The van der Waals surface area contributed by atoms with Crippen LogP contribution in [0.3, 0.4) is 0 Å². The van der Waals surface area contributed by atoms with Crippen molar-refractivity contribution in [3.8, 4) is 0 Å². The number of amides is 1. The fourth-order valence-corrected chi connectivity index (χ4v) is 4.36. The van der Waals surface area contributed by atoms with Gasteiger partial charge in [0.05, 0.1) is 6.54 Å². The van der Waals surface area contributed by atoms with Crippen LogP contribution in [0.2, 0.25) is 10.0 Å². The molecule has 8 heteroatoms. The Labute approximate surface area is 173 Å².